The smallest absolute Gasteiger partial charge is 0.298 e. The topological polar surface area (TPSA) is 71.1 Å². The van der Waals surface area contributed by atoms with Gasteiger partial charge in [0.25, 0.3) is 0 Å². The molecule has 0 aromatic rings. The lowest BCUT2D eigenvalue weighted by Crippen LogP contribution is -2.32. The predicted molar refractivity (Wildman–Crippen MR) is 139 cm³/mol. The first-order chi connectivity index (χ1) is 16.4. The normalized spacial score (nSPS) is 20.8. The van der Waals surface area contributed by atoms with Crippen LogP contribution >= 0.6 is 0 Å². The zero-order chi connectivity index (χ0) is 26.3. The van der Waals surface area contributed by atoms with Crippen molar-refractivity contribution >= 4 is 11.9 Å². The van der Waals surface area contributed by atoms with Gasteiger partial charge in [0.1, 0.15) is 11.2 Å². The van der Waals surface area contributed by atoms with Gasteiger partial charge >= 0.3 is 11.9 Å². The molecule has 1 rings (SSSR count). The molecule has 0 radical (unpaired) electrons. The molecule has 202 valence electrons. The molecule has 3 atom stereocenters. The molecule has 6 heteroatoms. The molecule has 0 aromatic carbocycles. The molecule has 0 fully saturated rings. The standard InChI is InChI=1S/C29H50O6/c1-8-9-14-18-24-21-20-23(22-25(24)27(31)33-35-29(5,6)7)17-15-12-10-11-13-16-19-26(30)32-34-28(2,3)4/h9,14,20-21,23-25H,8,10-13,15-19,22H2,1-7H3/b14-9+. The molecule has 0 heterocycles. The van der Waals surface area contributed by atoms with Crippen molar-refractivity contribution in [3.8, 4) is 0 Å². The largest absolute Gasteiger partial charge is 0.346 e. The van der Waals surface area contributed by atoms with Gasteiger partial charge in [-0.3, -0.25) is 9.78 Å². The molecule has 1 aliphatic carbocycles. The predicted octanol–water partition coefficient (Wildman–Crippen LogP) is 7.82. The molecule has 35 heavy (non-hydrogen) atoms. The summed E-state index contributed by atoms with van der Waals surface area (Å²) in [6, 6.07) is 0. The molecule has 0 bridgehead atoms. The number of rotatable bonds is 15. The molecule has 0 aliphatic heterocycles. The van der Waals surface area contributed by atoms with Crippen molar-refractivity contribution < 1.29 is 29.1 Å². The van der Waals surface area contributed by atoms with Gasteiger partial charge in [-0.15, -0.1) is 0 Å². The van der Waals surface area contributed by atoms with E-state index in [0.717, 1.165) is 64.2 Å². The van der Waals surface area contributed by atoms with E-state index >= 15 is 0 Å². The number of hydrogen-bond acceptors (Lipinski definition) is 6. The Balaban J connectivity index is 2.33. The van der Waals surface area contributed by atoms with Crippen LogP contribution in [0.1, 0.15) is 119 Å². The minimum absolute atomic E-state index is 0.158. The van der Waals surface area contributed by atoms with Gasteiger partial charge in [0.05, 0.1) is 5.92 Å². The minimum Gasteiger partial charge on any atom is -0.298 e. The van der Waals surface area contributed by atoms with Gasteiger partial charge in [0, 0.05) is 6.42 Å². The fraction of sp³-hybridized carbons (Fsp3) is 0.793. The summed E-state index contributed by atoms with van der Waals surface area (Å²) in [5, 5.41) is 0. The van der Waals surface area contributed by atoms with Crippen LogP contribution in [0.25, 0.3) is 0 Å². The van der Waals surface area contributed by atoms with E-state index in [4.69, 9.17) is 19.6 Å². The van der Waals surface area contributed by atoms with Gasteiger partial charge in [-0.25, -0.2) is 9.59 Å². The van der Waals surface area contributed by atoms with Crippen LogP contribution in [0.15, 0.2) is 24.3 Å². The molecule has 0 spiro atoms. The molecular formula is C29H50O6. The van der Waals surface area contributed by atoms with Crippen LogP contribution < -0.4 is 0 Å². The maximum Gasteiger partial charge on any atom is 0.346 e. The molecule has 0 saturated carbocycles. The second kappa shape index (κ2) is 16.2. The highest BCUT2D eigenvalue weighted by molar-refractivity contribution is 5.73. The Labute approximate surface area is 213 Å². The first-order valence-electron chi connectivity index (χ1n) is 13.5. The van der Waals surface area contributed by atoms with Crippen molar-refractivity contribution in [2.75, 3.05) is 0 Å². The molecule has 0 amide bonds. The maximum atomic E-state index is 12.8. The van der Waals surface area contributed by atoms with Crippen LogP contribution in [0.5, 0.6) is 0 Å². The number of carbonyl (C=O) groups excluding carboxylic acids is 2. The third-order valence-corrected chi connectivity index (χ3v) is 5.78. The van der Waals surface area contributed by atoms with Crippen molar-refractivity contribution in [1.82, 2.24) is 0 Å². The van der Waals surface area contributed by atoms with E-state index in [1.165, 1.54) is 0 Å². The van der Waals surface area contributed by atoms with Crippen LogP contribution in [-0.4, -0.2) is 23.1 Å². The van der Waals surface area contributed by atoms with Gasteiger partial charge in [-0.2, -0.15) is 9.78 Å². The van der Waals surface area contributed by atoms with Gasteiger partial charge in [-0.1, -0.05) is 63.3 Å². The molecule has 0 aromatic heterocycles. The van der Waals surface area contributed by atoms with Crippen molar-refractivity contribution in [1.29, 1.82) is 0 Å². The Morgan fingerprint density at radius 3 is 2.06 bits per heavy atom. The average Bonchev–Trinajstić information content (AvgIpc) is 2.77. The molecule has 0 N–H and O–H groups in total. The Morgan fingerprint density at radius 2 is 1.43 bits per heavy atom. The summed E-state index contributed by atoms with van der Waals surface area (Å²) in [7, 11) is 0. The second-order valence-electron chi connectivity index (χ2n) is 11.7. The third-order valence-electron chi connectivity index (χ3n) is 5.78. The Hall–Kier alpha value is -1.66. The van der Waals surface area contributed by atoms with Crippen molar-refractivity contribution in [3.05, 3.63) is 24.3 Å². The summed E-state index contributed by atoms with van der Waals surface area (Å²) < 4.78 is 0. The lowest BCUT2D eigenvalue weighted by atomic mass is 9.76. The van der Waals surface area contributed by atoms with E-state index in [9.17, 15) is 9.59 Å². The first-order valence-corrected chi connectivity index (χ1v) is 13.5. The number of allylic oxidation sites excluding steroid dienone is 4. The zero-order valence-corrected chi connectivity index (χ0v) is 23.3. The van der Waals surface area contributed by atoms with Crippen molar-refractivity contribution in [2.24, 2.45) is 17.8 Å². The van der Waals surface area contributed by atoms with E-state index in [2.05, 4.69) is 31.2 Å². The van der Waals surface area contributed by atoms with Crippen molar-refractivity contribution in [3.63, 3.8) is 0 Å². The van der Waals surface area contributed by atoms with Gasteiger partial charge < -0.3 is 0 Å². The Morgan fingerprint density at radius 1 is 0.829 bits per heavy atom. The number of carbonyl (C=O) groups is 2. The number of hydrogen-bond donors (Lipinski definition) is 0. The lowest BCUT2D eigenvalue weighted by Gasteiger charge is -2.30. The molecular weight excluding hydrogens is 444 g/mol. The monoisotopic (exact) mass is 494 g/mol. The highest BCUT2D eigenvalue weighted by Gasteiger charge is 2.34. The van der Waals surface area contributed by atoms with Gasteiger partial charge in [-0.05, 0) is 85.5 Å². The quantitative estimate of drug-likeness (QED) is 0.1000. The van der Waals surface area contributed by atoms with Crippen molar-refractivity contribution in [2.45, 2.75) is 130 Å². The van der Waals surface area contributed by atoms with E-state index in [1.54, 1.807) is 0 Å². The third kappa shape index (κ3) is 15.8. The summed E-state index contributed by atoms with van der Waals surface area (Å²) in [4.78, 5) is 44.9. The van der Waals surface area contributed by atoms with E-state index < -0.39 is 11.2 Å². The van der Waals surface area contributed by atoms with Crippen LogP contribution in [0, 0.1) is 17.8 Å². The Kier molecular flexibility index (Phi) is 14.5. The van der Waals surface area contributed by atoms with E-state index in [0.29, 0.717) is 12.3 Å². The summed E-state index contributed by atoms with van der Waals surface area (Å²) in [5.74, 6) is -0.170. The molecule has 0 saturated heterocycles. The SMILES string of the molecule is CC/C=C/CC1C=CC(CCCCCCCCC(=O)OOC(C)(C)C)CC1C(=O)OOC(C)(C)C. The minimum atomic E-state index is -0.516. The number of unbranched alkanes of at least 4 members (excludes halogenated alkanes) is 5. The summed E-state index contributed by atoms with van der Waals surface area (Å²) in [6.07, 6.45) is 19.3. The summed E-state index contributed by atoms with van der Waals surface area (Å²) >= 11 is 0. The summed E-state index contributed by atoms with van der Waals surface area (Å²) in [6.45, 7) is 13.3. The first kappa shape index (κ1) is 31.4. The fourth-order valence-electron chi connectivity index (χ4n) is 3.99. The highest BCUT2D eigenvalue weighted by atomic mass is 17.2. The van der Waals surface area contributed by atoms with Gasteiger partial charge in [0.2, 0.25) is 0 Å². The molecule has 3 unspecified atom stereocenters. The van der Waals surface area contributed by atoms with E-state index in [1.807, 2.05) is 41.5 Å². The fourth-order valence-corrected chi connectivity index (χ4v) is 3.99. The highest BCUT2D eigenvalue weighted by Crippen LogP contribution is 2.35. The molecule has 6 nitrogen and oxygen atoms in total. The lowest BCUT2D eigenvalue weighted by molar-refractivity contribution is -0.324. The maximum absolute atomic E-state index is 12.8. The van der Waals surface area contributed by atoms with Crippen LogP contribution in [0.4, 0.5) is 0 Å². The van der Waals surface area contributed by atoms with Gasteiger partial charge in [0.15, 0.2) is 0 Å². The molecule has 1 aliphatic rings. The average molecular weight is 495 g/mol. The zero-order valence-electron chi connectivity index (χ0n) is 23.3. The Bertz CT molecular complexity index is 668. The summed E-state index contributed by atoms with van der Waals surface area (Å²) in [5.41, 5.74) is -0.992. The van der Waals surface area contributed by atoms with E-state index in [-0.39, 0.29) is 23.8 Å². The van der Waals surface area contributed by atoms with Crippen LogP contribution in [0.3, 0.4) is 0 Å². The second-order valence-corrected chi connectivity index (χ2v) is 11.7. The van der Waals surface area contributed by atoms with Crippen LogP contribution in [0.2, 0.25) is 0 Å². The van der Waals surface area contributed by atoms with Crippen LogP contribution in [-0.2, 0) is 29.1 Å².